The van der Waals surface area contributed by atoms with Crippen LogP contribution in [0.1, 0.15) is 38.0 Å². The number of aryl methyl sites for hydroxylation is 1. The van der Waals surface area contributed by atoms with Crippen molar-refractivity contribution < 1.29 is 4.79 Å². The predicted molar refractivity (Wildman–Crippen MR) is 79.4 cm³/mol. The van der Waals surface area contributed by atoms with Crippen LogP contribution < -0.4 is 0 Å². The number of rotatable bonds is 8. The van der Waals surface area contributed by atoms with Gasteiger partial charge in [-0.25, -0.2) is 0 Å². The topological polar surface area (TPSA) is 20.3 Å². The molecule has 1 heterocycles. The molecule has 0 saturated carbocycles. The molecule has 0 saturated heterocycles. The second kappa shape index (κ2) is 8.54. The van der Waals surface area contributed by atoms with Crippen LogP contribution in [0.4, 0.5) is 0 Å². The second-order valence-electron chi connectivity index (χ2n) is 4.66. The molecule has 0 spiro atoms. The lowest BCUT2D eigenvalue weighted by atomic mass is 10.1. The Labute approximate surface area is 119 Å². The van der Waals surface area contributed by atoms with E-state index < -0.39 is 0 Å². The third-order valence-corrected chi connectivity index (χ3v) is 4.07. The molecule has 0 N–H and O–H groups in total. The molecule has 0 aromatic carbocycles. The minimum atomic E-state index is 0.256. The molecule has 2 nitrogen and oxygen atoms in total. The van der Waals surface area contributed by atoms with Crippen LogP contribution in [0.25, 0.3) is 0 Å². The summed E-state index contributed by atoms with van der Waals surface area (Å²) in [7, 11) is 0. The maximum absolute atomic E-state index is 12.1. The highest BCUT2D eigenvalue weighted by atomic mass is 35.5. The van der Waals surface area contributed by atoms with Gasteiger partial charge in [0.1, 0.15) is 0 Å². The van der Waals surface area contributed by atoms with Crippen molar-refractivity contribution in [2.75, 3.05) is 12.4 Å². The molecule has 102 valence electrons. The molecule has 18 heavy (non-hydrogen) atoms. The average Bonchev–Trinajstić information content (AvgIpc) is 2.82. The third-order valence-electron chi connectivity index (χ3n) is 2.87. The number of halogens is 1. The van der Waals surface area contributed by atoms with Crippen LogP contribution in [-0.2, 0) is 11.2 Å². The third kappa shape index (κ3) is 5.40. The van der Waals surface area contributed by atoms with E-state index in [2.05, 4.69) is 31.4 Å². The Hall–Kier alpha value is -0.540. The highest BCUT2D eigenvalue weighted by Crippen LogP contribution is 2.13. The number of nitrogens with zero attached hydrogens (tertiary/aromatic N) is 1. The van der Waals surface area contributed by atoms with E-state index in [1.807, 2.05) is 4.90 Å². The first-order valence-electron chi connectivity index (χ1n) is 6.53. The van der Waals surface area contributed by atoms with E-state index >= 15 is 0 Å². The first kappa shape index (κ1) is 15.5. The van der Waals surface area contributed by atoms with E-state index in [1.165, 1.54) is 4.88 Å². The van der Waals surface area contributed by atoms with Gasteiger partial charge >= 0.3 is 0 Å². The maximum atomic E-state index is 12.1. The molecule has 1 rings (SSSR count). The molecule has 0 atom stereocenters. The molecular formula is C14H22ClNOS. The lowest BCUT2D eigenvalue weighted by molar-refractivity contribution is -0.133. The molecule has 1 aromatic rings. The van der Waals surface area contributed by atoms with E-state index in [0.717, 1.165) is 25.8 Å². The summed E-state index contributed by atoms with van der Waals surface area (Å²) in [6.07, 6.45) is 3.45. The van der Waals surface area contributed by atoms with E-state index in [9.17, 15) is 4.79 Å². The van der Waals surface area contributed by atoms with Crippen LogP contribution in [0.15, 0.2) is 17.5 Å². The fourth-order valence-electron chi connectivity index (χ4n) is 1.91. The van der Waals surface area contributed by atoms with Crippen molar-refractivity contribution in [3.63, 3.8) is 0 Å². The lowest BCUT2D eigenvalue weighted by Gasteiger charge is -2.26. The molecule has 4 heteroatoms. The molecule has 0 radical (unpaired) electrons. The first-order valence-corrected chi connectivity index (χ1v) is 7.94. The van der Waals surface area contributed by atoms with Crippen molar-refractivity contribution in [1.29, 1.82) is 0 Å². The van der Waals surface area contributed by atoms with Crippen molar-refractivity contribution in [1.82, 2.24) is 4.90 Å². The monoisotopic (exact) mass is 287 g/mol. The number of amides is 1. The summed E-state index contributed by atoms with van der Waals surface area (Å²) in [5.74, 6) is 0.873. The molecule has 0 unspecified atom stereocenters. The zero-order chi connectivity index (χ0) is 13.4. The van der Waals surface area contributed by atoms with Gasteiger partial charge in [0, 0.05) is 29.8 Å². The van der Waals surface area contributed by atoms with E-state index in [1.54, 1.807) is 11.3 Å². The van der Waals surface area contributed by atoms with Gasteiger partial charge in [-0.1, -0.05) is 6.07 Å². The Balaban J connectivity index is 2.32. The molecular weight excluding hydrogens is 266 g/mol. The average molecular weight is 288 g/mol. The highest BCUT2D eigenvalue weighted by molar-refractivity contribution is 7.09. The van der Waals surface area contributed by atoms with E-state index in [-0.39, 0.29) is 11.9 Å². The molecule has 0 aliphatic carbocycles. The number of hydrogen-bond donors (Lipinski definition) is 0. The van der Waals surface area contributed by atoms with Crippen LogP contribution >= 0.6 is 22.9 Å². The Morgan fingerprint density at radius 1 is 1.44 bits per heavy atom. The minimum Gasteiger partial charge on any atom is -0.340 e. The smallest absolute Gasteiger partial charge is 0.222 e. The molecule has 1 amide bonds. The summed E-state index contributed by atoms with van der Waals surface area (Å²) in [5, 5.41) is 2.08. The Bertz CT molecular complexity index is 338. The quantitative estimate of drug-likeness (QED) is 0.663. The van der Waals surface area contributed by atoms with Crippen LogP contribution in [0.2, 0.25) is 0 Å². The fraction of sp³-hybridized carbons (Fsp3) is 0.643. The summed E-state index contributed by atoms with van der Waals surface area (Å²) in [4.78, 5) is 15.4. The fourth-order valence-corrected chi connectivity index (χ4v) is 2.78. The first-order chi connectivity index (χ1) is 8.65. The van der Waals surface area contributed by atoms with Crippen LogP contribution in [-0.4, -0.2) is 29.3 Å². The number of alkyl halides is 1. The summed E-state index contributed by atoms with van der Waals surface area (Å²) >= 11 is 7.45. The zero-order valence-electron chi connectivity index (χ0n) is 11.2. The van der Waals surface area contributed by atoms with Crippen molar-refractivity contribution in [3.05, 3.63) is 22.4 Å². The number of carbonyl (C=O) groups is 1. The summed E-state index contributed by atoms with van der Waals surface area (Å²) in [6.45, 7) is 4.90. The van der Waals surface area contributed by atoms with Gasteiger partial charge < -0.3 is 4.90 Å². The van der Waals surface area contributed by atoms with Gasteiger partial charge in [-0.2, -0.15) is 0 Å². The SMILES string of the molecule is CC(C)N(CCCCl)C(=O)CCCc1cccs1. The summed E-state index contributed by atoms with van der Waals surface area (Å²) in [5.41, 5.74) is 0. The molecule has 1 aromatic heterocycles. The number of carbonyl (C=O) groups excluding carboxylic acids is 1. The van der Waals surface area contributed by atoms with Gasteiger partial charge in [0.2, 0.25) is 5.91 Å². The summed E-state index contributed by atoms with van der Waals surface area (Å²) in [6, 6.07) is 4.45. The maximum Gasteiger partial charge on any atom is 0.222 e. The highest BCUT2D eigenvalue weighted by Gasteiger charge is 2.15. The zero-order valence-corrected chi connectivity index (χ0v) is 12.8. The Morgan fingerprint density at radius 3 is 2.78 bits per heavy atom. The second-order valence-corrected chi connectivity index (χ2v) is 6.07. The van der Waals surface area contributed by atoms with Gasteiger partial charge in [-0.15, -0.1) is 22.9 Å². The van der Waals surface area contributed by atoms with Crippen LogP contribution in [0.5, 0.6) is 0 Å². The Kier molecular flexibility index (Phi) is 7.36. The van der Waals surface area contributed by atoms with Crippen molar-refractivity contribution in [3.8, 4) is 0 Å². The molecule has 0 aliphatic rings. The molecule has 0 bridgehead atoms. The predicted octanol–water partition coefficient (Wildman–Crippen LogP) is 3.94. The van der Waals surface area contributed by atoms with Crippen molar-refractivity contribution >= 4 is 28.8 Å². The normalized spacial score (nSPS) is 10.9. The van der Waals surface area contributed by atoms with Crippen molar-refractivity contribution in [2.24, 2.45) is 0 Å². The molecule has 0 fully saturated rings. The van der Waals surface area contributed by atoms with E-state index in [0.29, 0.717) is 12.3 Å². The van der Waals surface area contributed by atoms with Crippen molar-refractivity contribution in [2.45, 2.75) is 45.6 Å². The van der Waals surface area contributed by atoms with Gasteiger partial charge in [0.15, 0.2) is 0 Å². The number of thiophene rings is 1. The Morgan fingerprint density at radius 2 is 2.22 bits per heavy atom. The van der Waals surface area contributed by atoms with Crippen LogP contribution in [0.3, 0.4) is 0 Å². The molecule has 0 aliphatic heterocycles. The summed E-state index contributed by atoms with van der Waals surface area (Å²) < 4.78 is 0. The van der Waals surface area contributed by atoms with Gasteiger partial charge in [0.25, 0.3) is 0 Å². The van der Waals surface area contributed by atoms with Gasteiger partial charge in [0.05, 0.1) is 0 Å². The lowest BCUT2D eigenvalue weighted by Crippen LogP contribution is -2.37. The largest absolute Gasteiger partial charge is 0.340 e. The van der Waals surface area contributed by atoms with E-state index in [4.69, 9.17) is 11.6 Å². The van der Waals surface area contributed by atoms with Gasteiger partial charge in [-0.05, 0) is 44.6 Å². The van der Waals surface area contributed by atoms with Gasteiger partial charge in [-0.3, -0.25) is 4.79 Å². The van der Waals surface area contributed by atoms with Crippen LogP contribution in [0, 0.1) is 0 Å². The minimum absolute atomic E-state index is 0.256. The number of hydrogen-bond acceptors (Lipinski definition) is 2. The standard InChI is InChI=1S/C14H22ClNOS/c1-12(2)16(10-5-9-15)14(17)8-3-6-13-7-4-11-18-13/h4,7,11-12H,3,5-6,8-10H2,1-2H3.